The monoisotopic (exact) mass is 370 g/mol. The Balaban J connectivity index is 1.39. The summed E-state index contributed by atoms with van der Waals surface area (Å²) in [5.41, 5.74) is 2.15. The minimum atomic E-state index is 0.662. The first-order chi connectivity index (χ1) is 13.8. The second-order valence-electron chi connectivity index (χ2n) is 8.28. The van der Waals surface area contributed by atoms with Crippen LogP contribution in [0.3, 0.4) is 0 Å². The van der Waals surface area contributed by atoms with Crippen LogP contribution in [-0.2, 0) is 0 Å². The molecule has 2 aliphatic carbocycles. The first kappa shape index (κ1) is 20.2. The van der Waals surface area contributed by atoms with E-state index in [2.05, 4.69) is 36.4 Å². The molecule has 0 atom stereocenters. The number of nitrogens with zero attached hydrogens (tertiary/aromatic N) is 2. The van der Waals surface area contributed by atoms with Crippen LogP contribution in [0.15, 0.2) is 60.7 Å². The number of hydrogen-bond acceptors (Lipinski definition) is 2. The minimum absolute atomic E-state index is 0.662. The van der Waals surface area contributed by atoms with Gasteiger partial charge in [-0.25, -0.2) is 0 Å². The Kier molecular flexibility index (Phi) is 7.69. The first-order valence-corrected chi connectivity index (χ1v) is 10.7. The summed E-state index contributed by atoms with van der Waals surface area (Å²) >= 11 is 0. The van der Waals surface area contributed by atoms with Crippen LogP contribution >= 0.6 is 0 Å². The molecule has 0 bridgehead atoms. The van der Waals surface area contributed by atoms with Crippen molar-refractivity contribution in [2.75, 3.05) is 0 Å². The van der Waals surface area contributed by atoms with Crippen LogP contribution in [0.1, 0.15) is 68.4 Å². The summed E-state index contributed by atoms with van der Waals surface area (Å²) < 4.78 is 0. The van der Waals surface area contributed by atoms with Gasteiger partial charge < -0.3 is 0 Å². The average molecular weight is 371 g/mol. The lowest BCUT2D eigenvalue weighted by Crippen LogP contribution is -2.14. The van der Waals surface area contributed by atoms with E-state index >= 15 is 0 Å². The average Bonchev–Trinajstić information content (AvgIpc) is 2.76. The summed E-state index contributed by atoms with van der Waals surface area (Å²) in [6, 6.07) is 12.4. The van der Waals surface area contributed by atoms with E-state index in [9.17, 15) is 0 Å². The van der Waals surface area contributed by atoms with Crippen molar-refractivity contribution in [3.05, 3.63) is 71.8 Å². The van der Waals surface area contributed by atoms with Gasteiger partial charge in [0.15, 0.2) is 0 Å². The molecule has 3 rings (SSSR count). The Bertz CT molecular complexity index is 769. The Hall–Kier alpha value is -2.58. The fourth-order valence-electron chi connectivity index (χ4n) is 4.64. The summed E-state index contributed by atoms with van der Waals surface area (Å²) in [7, 11) is 0. The maximum absolute atomic E-state index is 8.94. The van der Waals surface area contributed by atoms with Crippen LogP contribution in [0.5, 0.6) is 0 Å². The van der Waals surface area contributed by atoms with Crippen LogP contribution in [0.25, 0.3) is 0 Å². The molecule has 144 valence electrons. The Labute approximate surface area is 169 Å². The van der Waals surface area contributed by atoms with Gasteiger partial charge in [0.05, 0.1) is 17.7 Å². The van der Waals surface area contributed by atoms with Gasteiger partial charge in [0.1, 0.15) is 0 Å². The second kappa shape index (κ2) is 10.7. The zero-order valence-corrected chi connectivity index (χ0v) is 16.6. The van der Waals surface area contributed by atoms with Gasteiger partial charge in [0, 0.05) is 6.08 Å². The molecule has 2 nitrogen and oxygen atoms in total. The molecule has 0 amide bonds. The largest absolute Gasteiger partial charge is 0.193 e. The SMILES string of the molecule is N#CC=CC=CC1CCC(C=CC2CCC(c3ccc(C#N)cc3)CC2)CC1. The molecular weight excluding hydrogens is 340 g/mol. The third kappa shape index (κ3) is 5.97. The molecule has 0 heterocycles. The standard InChI is InChI=1S/C26H30N2/c27-19-3-1-2-4-21-5-7-22(8-6-21)9-10-23-11-15-25(16-12-23)26-17-13-24(20-28)14-18-26/h1-4,9-10,13-14,17-18,21-23,25H,5-8,11-12,15-16H2. The van der Waals surface area contributed by atoms with E-state index in [0.717, 1.165) is 17.4 Å². The molecular formula is C26H30N2. The molecule has 2 saturated carbocycles. The summed E-state index contributed by atoms with van der Waals surface area (Å²) in [4.78, 5) is 0. The van der Waals surface area contributed by atoms with Crippen molar-refractivity contribution in [3.8, 4) is 12.1 Å². The van der Waals surface area contributed by atoms with Gasteiger partial charge in [-0.2, -0.15) is 10.5 Å². The van der Waals surface area contributed by atoms with E-state index in [4.69, 9.17) is 10.5 Å². The van der Waals surface area contributed by atoms with Gasteiger partial charge in [0.2, 0.25) is 0 Å². The molecule has 0 saturated heterocycles. The lowest BCUT2D eigenvalue weighted by Gasteiger charge is -2.28. The van der Waals surface area contributed by atoms with E-state index in [-0.39, 0.29) is 0 Å². The summed E-state index contributed by atoms with van der Waals surface area (Å²) in [6.07, 6.45) is 22.8. The summed E-state index contributed by atoms with van der Waals surface area (Å²) in [5.74, 6) is 2.82. The summed E-state index contributed by atoms with van der Waals surface area (Å²) in [5, 5.41) is 17.4. The highest BCUT2D eigenvalue weighted by Gasteiger charge is 2.22. The van der Waals surface area contributed by atoms with Crippen LogP contribution in [0, 0.1) is 40.4 Å². The van der Waals surface area contributed by atoms with Gasteiger partial charge in [-0.3, -0.25) is 0 Å². The number of hydrogen-bond donors (Lipinski definition) is 0. The predicted molar refractivity (Wildman–Crippen MR) is 114 cm³/mol. The molecule has 0 radical (unpaired) electrons. The molecule has 28 heavy (non-hydrogen) atoms. The zero-order valence-electron chi connectivity index (χ0n) is 16.6. The third-order valence-electron chi connectivity index (χ3n) is 6.42. The van der Waals surface area contributed by atoms with Crippen LogP contribution in [0.2, 0.25) is 0 Å². The smallest absolute Gasteiger partial charge is 0.0991 e. The molecule has 1 aromatic rings. The zero-order chi connectivity index (χ0) is 19.6. The van der Waals surface area contributed by atoms with Crippen molar-refractivity contribution in [1.82, 2.24) is 0 Å². The molecule has 0 spiro atoms. The Morgan fingerprint density at radius 3 is 1.75 bits per heavy atom. The normalized spacial score (nSPS) is 28.5. The third-order valence-corrected chi connectivity index (χ3v) is 6.42. The molecule has 0 aromatic heterocycles. The van der Waals surface area contributed by atoms with Gasteiger partial charge in [-0.15, -0.1) is 0 Å². The van der Waals surface area contributed by atoms with Crippen molar-refractivity contribution in [2.45, 2.75) is 57.3 Å². The van der Waals surface area contributed by atoms with Crippen molar-refractivity contribution in [1.29, 1.82) is 10.5 Å². The fraction of sp³-hybridized carbons (Fsp3) is 0.462. The highest BCUT2D eigenvalue weighted by Crippen LogP contribution is 2.37. The number of rotatable bonds is 5. The molecule has 0 N–H and O–H groups in total. The van der Waals surface area contributed by atoms with E-state index in [1.165, 1.54) is 63.0 Å². The van der Waals surface area contributed by atoms with E-state index < -0.39 is 0 Å². The van der Waals surface area contributed by atoms with E-state index in [1.54, 1.807) is 0 Å². The number of benzene rings is 1. The molecule has 2 heteroatoms. The minimum Gasteiger partial charge on any atom is -0.193 e. The Morgan fingerprint density at radius 2 is 1.21 bits per heavy atom. The number of allylic oxidation sites excluding steroid dienone is 6. The second-order valence-corrected chi connectivity index (χ2v) is 8.28. The highest BCUT2D eigenvalue weighted by molar-refractivity contribution is 5.33. The Morgan fingerprint density at radius 1 is 0.679 bits per heavy atom. The van der Waals surface area contributed by atoms with Gasteiger partial charge in [-0.1, -0.05) is 42.5 Å². The predicted octanol–water partition coefficient (Wildman–Crippen LogP) is 6.83. The van der Waals surface area contributed by atoms with Crippen LogP contribution in [-0.4, -0.2) is 0 Å². The molecule has 1 aromatic carbocycles. The lowest BCUT2D eigenvalue weighted by atomic mass is 9.77. The fourth-order valence-corrected chi connectivity index (χ4v) is 4.64. The highest BCUT2D eigenvalue weighted by atomic mass is 14.3. The summed E-state index contributed by atoms with van der Waals surface area (Å²) in [6.45, 7) is 0. The van der Waals surface area contributed by atoms with Crippen molar-refractivity contribution in [2.24, 2.45) is 17.8 Å². The van der Waals surface area contributed by atoms with Crippen LogP contribution < -0.4 is 0 Å². The molecule has 2 aliphatic rings. The quantitative estimate of drug-likeness (QED) is 0.324. The van der Waals surface area contributed by atoms with Gasteiger partial charge in [0.25, 0.3) is 0 Å². The maximum atomic E-state index is 8.94. The molecule has 2 fully saturated rings. The molecule has 0 unspecified atom stereocenters. The van der Waals surface area contributed by atoms with E-state index in [1.807, 2.05) is 30.4 Å². The van der Waals surface area contributed by atoms with Crippen molar-refractivity contribution < 1.29 is 0 Å². The first-order valence-electron chi connectivity index (χ1n) is 10.7. The maximum Gasteiger partial charge on any atom is 0.0991 e. The number of nitriles is 2. The van der Waals surface area contributed by atoms with Gasteiger partial charge >= 0.3 is 0 Å². The van der Waals surface area contributed by atoms with Gasteiger partial charge in [-0.05, 0) is 92.7 Å². The van der Waals surface area contributed by atoms with Crippen LogP contribution in [0.4, 0.5) is 0 Å². The molecule has 0 aliphatic heterocycles. The lowest BCUT2D eigenvalue weighted by molar-refractivity contribution is 0.348. The van der Waals surface area contributed by atoms with Crippen molar-refractivity contribution >= 4 is 0 Å². The van der Waals surface area contributed by atoms with Crippen molar-refractivity contribution in [3.63, 3.8) is 0 Å². The van der Waals surface area contributed by atoms with E-state index in [0.29, 0.717) is 11.8 Å². The topological polar surface area (TPSA) is 47.6 Å².